The van der Waals surface area contributed by atoms with Crippen LogP contribution in [0.3, 0.4) is 0 Å². The van der Waals surface area contributed by atoms with E-state index in [0.29, 0.717) is 44.2 Å². The Labute approximate surface area is 508 Å². The smallest absolute Gasteiger partial charge is 0.0920 e. The first-order valence-corrected chi connectivity index (χ1v) is 33.5. The van der Waals surface area contributed by atoms with Crippen molar-refractivity contribution in [3.63, 3.8) is 0 Å². The van der Waals surface area contributed by atoms with Gasteiger partial charge in [0, 0.05) is 0 Å². The maximum absolute atomic E-state index is 13.6. The fourth-order valence-corrected chi connectivity index (χ4v) is 11.7. The molecule has 0 unspecified atom stereocenters. The fraction of sp³-hybridized carbons (Fsp3) is 0.0571. The van der Waals surface area contributed by atoms with E-state index in [1.165, 1.54) is 21.5 Å². The summed E-state index contributed by atoms with van der Waals surface area (Å²) in [7, 11) is 10.7. The molecule has 0 bridgehead atoms. The average molecular weight is 1300 g/mol. The first kappa shape index (κ1) is 61.4. The van der Waals surface area contributed by atoms with Crippen LogP contribution in [0.25, 0.3) is 99.4 Å². The quantitative estimate of drug-likeness (QED) is 0.0884. The average Bonchev–Trinajstić information content (AvgIpc) is 1.52. The van der Waals surface area contributed by atoms with Gasteiger partial charge in [-0.15, -0.1) is 74.6 Å². The van der Waals surface area contributed by atoms with E-state index in [0.717, 1.165) is 66.8 Å². The molecule has 1 aliphatic heterocycles. The van der Waals surface area contributed by atoms with E-state index < -0.39 is 67.8 Å². The van der Waals surface area contributed by atoms with Gasteiger partial charge in [0.1, 0.15) is 0 Å². The summed E-state index contributed by atoms with van der Waals surface area (Å²) >= 11 is -0.826. The van der Waals surface area contributed by atoms with Gasteiger partial charge in [0.15, 0.2) is 0 Å². The van der Waals surface area contributed by atoms with Crippen molar-refractivity contribution in [2.24, 2.45) is 0 Å². The summed E-state index contributed by atoms with van der Waals surface area (Å²) in [6.45, 7) is 0. The van der Waals surface area contributed by atoms with Crippen molar-refractivity contribution in [3.8, 4) is 77.9 Å². The molecule has 86 heavy (non-hydrogen) atoms. The summed E-state index contributed by atoms with van der Waals surface area (Å²) in [5.41, 5.74) is 3.73. The minimum atomic E-state index is -4.93. The van der Waals surface area contributed by atoms with Crippen LogP contribution < -0.4 is 10.4 Å². The van der Waals surface area contributed by atoms with Crippen molar-refractivity contribution in [2.75, 3.05) is 0 Å². The predicted octanol–water partition coefficient (Wildman–Crippen LogP) is 21.7. The van der Waals surface area contributed by atoms with Crippen LogP contribution in [0.4, 0.5) is 52.7 Å². The molecule has 0 spiro atoms. The number of benzene rings is 10. The molecule has 1 aliphatic rings. The Balaban J connectivity index is 0.000000152. The maximum Gasteiger partial charge on any atom is 0.0920 e. The zero-order valence-corrected chi connectivity index (χ0v) is 49.4. The van der Waals surface area contributed by atoms with E-state index in [1.807, 2.05) is 103 Å². The minimum Gasteiger partial charge on any atom is -0.184 e. The third-order valence-corrected chi connectivity index (χ3v) is 15.6. The number of alkyl halides is 12. The SMILES string of the molecule is FC(F)(F)c1cc(-c2c(-c3ccccc3)ccc3[cH-]c(-c4ccccc4)cc23)cc(C(F)(F)F)c1.FC(F)(F)c1cc(-c2c(-c3ccccc3)ccc3[cH-]c(-c4ccccc4)cc23)cc(C(F)(F)F)c1.[Cl][Zr][Cl].[c-]1cccc2c1[Si]c1ccccc1-2. The Hall–Kier alpha value is -7.74. The third-order valence-electron chi connectivity index (χ3n) is 14.2. The Kier molecular flexibility index (Phi) is 18.3. The normalized spacial score (nSPS) is 12.0. The molecular formula is C70H41Cl2F12SiZr-3. The van der Waals surface area contributed by atoms with Gasteiger partial charge < -0.3 is 0 Å². The molecule has 0 atom stereocenters. The molecule has 12 aromatic rings. The van der Waals surface area contributed by atoms with Crippen molar-refractivity contribution in [2.45, 2.75) is 24.7 Å². The first-order valence-electron chi connectivity index (χ1n) is 26.2. The summed E-state index contributed by atoms with van der Waals surface area (Å²) in [6.07, 6.45) is -19.7. The molecule has 0 fully saturated rings. The van der Waals surface area contributed by atoms with Gasteiger partial charge in [0.25, 0.3) is 0 Å². The van der Waals surface area contributed by atoms with Gasteiger partial charge in [-0.3, -0.25) is 0 Å². The molecule has 430 valence electrons. The van der Waals surface area contributed by atoms with Gasteiger partial charge in [-0.25, -0.2) is 0 Å². The van der Waals surface area contributed by atoms with Gasteiger partial charge in [0.05, 0.1) is 31.8 Å². The van der Waals surface area contributed by atoms with Crippen LogP contribution in [0.1, 0.15) is 22.3 Å². The fourth-order valence-electron chi connectivity index (χ4n) is 10.4. The van der Waals surface area contributed by atoms with Crippen molar-refractivity contribution in [3.05, 3.63) is 277 Å². The second-order valence-electron chi connectivity index (χ2n) is 19.7. The molecular weight excluding hydrogens is 1260 g/mol. The number of hydrogen-bond acceptors (Lipinski definition) is 0. The van der Waals surface area contributed by atoms with Crippen LogP contribution in [-0.4, -0.2) is 9.52 Å². The van der Waals surface area contributed by atoms with Crippen molar-refractivity contribution in [1.29, 1.82) is 0 Å². The van der Waals surface area contributed by atoms with Crippen LogP contribution in [0.2, 0.25) is 0 Å². The standard InChI is InChI=1S/2C29H17F6.C12H7Si.2ClH.Zr/c2*30-28(31,32)23-14-22(15-24(17-23)29(33,34)35)27-25(19-9-5-2-6-10-19)12-11-20-13-21(16-26(20)27)18-7-3-1-4-8-18;1-3-7-11-9(5-1)10-6-2-4-8-12(10)13-11;;;/h2*1-17H;1-7H;2*1H;/q3*-1;;;+2/p-2. The van der Waals surface area contributed by atoms with Crippen LogP contribution in [-0.2, 0) is 45.6 Å². The van der Waals surface area contributed by atoms with Crippen molar-refractivity contribution in [1.82, 2.24) is 0 Å². The molecule has 0 nitrogen and oxygen atoms in total. The van der Waals surface area contributed by atoms with Crippen LogP contribution in [0.5, 0.6) is 0 Å². The molecule has 12 aromatic carbocycles. The first-order chi connectivity index (χ1) is 41.1. The van der Waals surface area contributed by atoms with Crippen molar-refractivity contribution >= 4 is 58.5 Å². The van der Waals surface area contributed by atoms with E-state index in [9.17, 15) is 52.7 Å². The molecule has 2 radical (unpaired) electrons. The Morgan fingerprint density at radius 2 is 0.674 bits per heavy atom. The molecule has 1 heterocycles. The van der Waals surface area contributed by atoms with E-state index in [4.69, 9.17) is 17.0 Å². The van der Waals surface area contributed by atoms with E-state index >= 15 is 0 Å². The zero-order valence-electron chi connectivity index (χ0n) is 44.5. The predicted molar refractivity (Wildman–Crippen MR) is 319 cm³/mol. The number of hydrogen-bond donors (Lipinski definition) is 0. The van der Waals surface area contributed by atoms with E-state index in [2.05, 4.69) is 42.5 Å². The molecule has 0 saturated carbocycles. The summed E-state index contributed by atoms with van der Waals surface area (Å²) in [5.74, 6) is 0. The van der Waals surface area contributed by atoms with Crippen LogP contribution in [0.15, 0.2) is 249 Å². The Morgan fingerprint density at radius 3 is 1.05 bits per heavy atom. The number of fused-ring (bicyclic) bond motifs is 5. The second kappa shape index (κ2) is 25.7. The monoisotopic (exact) mass is 1300 g/mol. The van der Waals surface area contributed by atoms with Gasteiger partial charge in [-0.05, 0) is 80.9 Å². The zero-order chi connectivity index (χ0) is 61.0. The number of halogens is 14. The molecule has 0 aliphatic carbocycles. The largest absolute Gasteiger partial charge is 0.184 e. The van der Waals surface area contributed by atoms with Gasteiger partial charge in [-0.1, -0.05) is 180 Å². The topological polar surface area (TPSA) is 0 Å². The second-order valence-corrected chi connectivity index (χ2v) is 24.7. The Morgan fingerprint density at radius 1 is 0.337 bits per heavy atom. The summed E-state index contributed by atoms with van der Waals surface area (Å²) in [5, 5.41) is 5.44. The van der Waals surface area contributed by atoms with Gasteiger partial charge in [0.2, 0.25) is 0 Å². The molecule has 0 amide bonds. The van der Waals surface area contributed by atoms with E-state index in [-0.39, 0.29) is 23.3 Å². The van der Waals surface area contributed by atoms with E-state index in [1.54, 1.807) is 72.8 Å². The summed E-state index contributed by atoms with van der Waals surface area (Å²) in [4.78, 5) is 0. The van der Waals surface area contributed by atoms with Crippen LogP contribution >= 0.6 is 17.0 Å². The summed E-state index contributed by atoms with van der Waals surface area (Å²) < 4.78 is 164. The molecule has 13 rings (SSSR count). The van der Waals surface area contributed by atoms with Gasteiger partial charge in [-0.2, -0.15) is 82.1 Å². The van der Waals surface area contributed by atoms with Crippen LogP contribution in [0, 0.1) is 6.07 Å². The van der Waals surface area contributed by atoms with Crippen molar-refractivity contribution < 1.29 is 73.5 Å². The molecule has 0 saturated heterocycles. The number of rotatable bonds is 6. The third kappa shape index (κ3) is 13.9. The summed E-state index contributed by atoms with van der Waals surface area (Å²) in [6, 6.07) is 72.9. The molecule has 16 heteroatoms. The molecule has 0 N–H and O–H groups in total. The minimum absolute atomic E-state index is 0.137. The maximum atomic E-state index is 13.6. The Bertz CT molecular complexity index is 3960. The van der Waals surface area contributed by atoms with Gasteiger partial charge >= 0.3 is 62.6 Å². The molecule has 0 aromatic heterocycles.